The van der Waals surface area contributed by atoms with Crippen LogP contribution in [0.5, 0.6) is 0 Å². The third-order valence-electron chi connectivity index (χ3n) is 6.91. The number of ether oxygens (including phenoxy) is 1. The molecule has 0 unspecified atom stereocenters. The number of aryl methyl sites for hydroxylation is 1. The van der Waals surface area contributed by atoms with Crippen LogP contribution >= 0.6 is 0 Å². The van der Waals surface area contributed by atoms with E-state index in [4.69, 9.17) is 4.74 Å². The highest BCUT2D eigenvalue weighted by molar-refractivity contribution is 5.84. The molecule has 9 heteroatoms. The Balaban J connectivity index is 1.35. The predicted octanol–water partition coefficient (Wildman–Crippen LogP) is 2.42. The Bertz CT molecular complexity index is 826. The second-order valence-corrected chi connectivity index (χ2v) is 9.25. The Morgan fingerprint density at radius 2 is 1.79 bits per heavy atom. The van der Waals surface area contributed by atoms with E-state index < -0.39 is 17.0 Å². The molecule has 4 saturated carbocycles. The number of hydrogen-bond acceptors (Lipinski definition) is 6. The lowest BCUT2D eigenvalue weighted by molar-refractivity contribution is -0.386. The number of amides is 1. The van der Waals surface area contributed by atoms with Crippen molar-refractivity contribution in [1.82, 2.24) is 15.1 Å². The van der Waals surface area contributed by atoms with Crippen molar-refractivity contribution in [3.8, 4) is 0 Å². The maximum absolute atomic E-state index is 12.7. The van der Waals surface area contributed by atoms with Crippen molar-refractivity contribution < 1.29 is 19.2 Å². The SMILES string of the molecule is Cc1nn(CC(=O)O[C@H](C)C(=O)NC23CC4CC(CC(C4)C2)C3)c(C)c1[N+](=O)[O-]. The van der Waals surface area contributed by atoms with Crippen LogP contribution in [0.25, 0.3) is 0 Å². The second kappa shape index (κ2) is 7.11. The fraction of sp³-hybridized carbons (Fsp3) is 0.750. The molecular formula is C20H28N4O5. The van der Waals surface area contributed by atoms with Gasteiger partial charge in [0.15, 0.2) is 6.10 Å². The van der Waals surface area contributed by atoms with Gasteiger partial charge in [-0.05, 0) is 77.0 Å². The molecule has 0 radical (unpaired) electrons. The Labute approximate surface area is 169 Å². The van der Waals surface area contributed by atoms with E-state index in [0.717, 1.165) is 19.3 Å². The van der Waals surface area contributed by atoms with Gasteiger partial charge in [-0.1, -0.05) is 0 Å². The third-order valence-corrected chi connectivity index (χ3v) is 6.91. The molecule has 4 fully saturated rings. The number of nitrogens with zero attached hydrogens (tertiary/aromatic N) is 3. The molecule has 1 N–H and O–H groups in total. The number of nitro groups is 1. The lowest BCUT2D eigenvalue weighted by atomic mass is 9.53. The summed E-state index contributed by atoms with van der Waals surface area (Å²) in [6, 6.07) is 0. The van der Waals surface area contributed by atoms with Gasteiger partial charge in [-0.15, -0.1) is 0 Å². The predicted molar refractivity (Wildman–Crippen MR) is 103 cm³/mol. The highest BCUT2D eigenvalue weighted by atomic mass is 16.6. The lowest BCUT2D eigenvalue weighted by Gasteiger charge is -2.57. The molecule has 0 spiro atoms. The number of carbonyl (C=O) groups is 2. The molecule has 1 aromatic rings. The van der Waals surface area contributed by atoms with Crippen LogP contribution in [0, 0.1) is 41.7 Å². The molecule has 4 bridgehead atoms. The third kappa shape index (κ3) is 3.74. The molecule has 5 rings (SSSR count). The van der Waals surface area contributed by atoms with Crippen molar-refractivity contribution in [3.05, 3.63) is 21.5 Å². The van der Waals surface area contributed by atoms with Crippen LogP contribution in [0.2, 0.25) is 0 Å². The quantitative estimate of drug-likeness (QED) is 0.442. The van der Waals surface area contributed by atoms with E-state index in [1.54, 1.807) is 6.92 Å². The van der Waals surface area contributed by atoms with Crippen molar-refractivity contribution in [2.45, 2.75) is 77.5 Å². The molecule has 9 nitrogen and oxygen atoms in total. The van der Waals surface area contributed by atoms with Crippen LogP contribution in [0.3, 0.4) is 0 Å². The molecule has 0 aromatic carbocycles. The summed E-state index contributed by atoms with van der Waals surface area (Å²) in [6.45, 7) is 4.36. The molecule has 0 aliphatic heterocycles. The summed E-state index contributed by atoms with van der Waals surface area (Å²) in [4.78, 5) is 35.6. The average Bonchev–Trinajstić information content (AvgIpc) is 2.86. The summed E-state index contributed by atoms with van der Waals surface area (Å²) < 4.78 is 6.56. The first-order chi connectivity index (χ1) is 13.7. The molecular weight excluding hydrogens is 376 g/mol. The Kier molecular flexibility index (Phi) is 4.86. The molecule has 1 aromatic heterocycles. The minimum atomic E-state index is -0.914. The second-order valence-electron chi connectivity index (χ2n) is 9.25. The fourth-order valence-electron chi connectivity index (χ4n) is 6.14. The molecule has 29 heavy (non-hydrogen) atoms. The number of aromatic nitrogens is 2. The summed E-state index contributed by atoms with van der Waals surface area (Å²) >= 11 is 0. The summed E-state index contributed by atoms with van der Waals surface area (Å²) in [5.74, 6) is 1.22. The maximum Gasteiger partial charge on any atom is 0.328 e. The molecule has 1 heterocycles. The monoisotopic (exact) mass is 404 g/mol. The van der Waals surface area contributed by atoms with Gasteiger partial charge in [0.1, 0.15) is 17.9 Å². The first-order valence-corrected chi connectivity index (χ1v) is 10.4. The number of rotatable bonds is 6. The van der Waals surface area contributed by atoms with E-state index in [1.165, 1.54) is 37.8 Å². The minimum Gasteiger partial charge on any atom is -0.451 e. The van der Waals surface area contributed by atoms with Gasteiger partial charge < -0.3 is 10.1 Å². The highest BCUT2D eigenvalue weighted by Gasteiger charge is 2.51. The van der Waals surface area contributed by atoms with Crippen LogP contribution in [-0.4, -0.2) is 38.2 Å². The van der Waals surface area contributed by atoms with Crippen molar-refractivity contribution in [1.29, 1.82) is 0 Å². The van der Waals surface area contributed by atoms with Crippen LogP contribution in [0.15, 0.2) is 0 Å². The van der Waals surface area contributed by atoms with Crippen LogP contribution in [0.1, 0.15) is 56.8 Å². The van der Waals surface area contributed by atoms with Crippen molar-refractivity contribution >= 4 is 17.6 Å². The highest BCUT2D eigenvalue weighted by Crippen LogP contribution is 2.55. The average molecular weight is 404 g/mol. The van der Waals surface area contributed by atoms with E-state index in [-0.39, 0.29) is 35.1 Å². The van der Waals surface area contributed by atoms with E-state index in [9.17, 15) is 19.7 Å². The van der Waals surface area contributed by atoms with Crippen LogP contribution < -0.4 is 5.32 Å². The normalized spacial score (nSPS) is 30.8. The van der Waals surface area contributed by atoms with Crippen molar-refractivity contribution in [2.75, 3.05) is 0 Å². The number of hydrogen-bond donors (Lipinski definition) is 1. The summed E-state index contributed by atoms with van der Waals surface area (Å²) in [5.41, 5.74) is 0.288. The van der Waals surface area contributed by atoms with E-state index in [2.05, 4.69) is 10.4 Å². The van der Waals surface area contributed by atoms with Gasteiger partial charge in [-0.2, -0.15) is 5.10 Å². The smallest absolute Gasteiger partial charge is 0.328 e. The molecule has 1 atom stereocenters. The van der Waals surface area contributed by atoms with Crippen LogP contribution in [0.4, 0.5) is 5.69 Å². The van der Waals surface area contributed by atoms with E-state index in [0.29, 0.717) is 17.8 Å². The lowest BCUT2D eigenvalue weighted by Crippen LogP contribution is -2.61. The van der Waals surface area contributed by atoms with Gasteiger partial charge in [0, 0.05) is 5.54 Å². The molecule has 0 saturated heterocycles. The Morgan fingerprint density at radius 1 is 1.24 bits per heavy atom. The zero-order valence-corrected chi connectivity index (χ0v) is 17.1. The summed E-state index contributed by atoms with van der Waals surface area (Å²) in [5, 5.41) is 18.3. The minimum absolute atomic E-state index is 0.106. The van der Waals surface area contributed by atoms with Gasteiger partial charge in [-0.25, -0.2) is 0 Å². The summed E-state index contributed by atoms with van der Waals surface area (Å²) in [7, 11) is 0. The van der Waals surface area contributed by atoms with Gasteiger partial charge in [0.2, 0.25) is 0 Å². The standard InChI is InChI=1S/C20H28N4O5/c1-11-18(24(27)28)12(2)23(22-11)10-17(25)29-13(3)19(26)21-20-7-14-4-15(8-20)6-16(5-14)9-20/h13-16H,4-10H2,1-3H3,(H,21,26)/t13-,14?,15?,16?,20?/m1/s1. The zero-order chi connectivity index (χ0) is 20.9. The largest absolute Gasteiger partial charge is 0.451 e. The zero-order valence-electron chi connectivity index (χ0n) is 17.1. The first kappa shape index (κ1) is 19.8. The molecule has 4 aliphatic rings. The number of esters is 1. The van der Waals surface area contributed by atoms with Gasteiger partial charge in [0.05, 0.1) is 4.92 Å². The van der Waals surface area contributed by atoms with Crippen LogP contribution in [-0.2, 0) is 20.9 Å². The van der Waals surface area contributed by atoms with E-state index >= 15 is 0 Å². The van der Waals surface area contributed by atoms with Crippen molar-refractivity contribution in [3.63, 3.8) is 0 Å². The Morgan fingerprint density at radius 3 is 2.28 bits per heavy atom. The maximum atomic E-state index is 12.7. The fourth-order valence-corrected chi connectivity index (χ4v) is 6.14. The summed E-state index contributed by atoms with van der Waals surface area (Å²) in [6.07, 6.45) is 6.03. The topological polar surface area (TPSA) is 116 Å². The Hall–Kier alpha value is -2.45. The first-order valence-electron chi connectivity index (χ1n) is 10.4. The molecule has 1 amide bonds. The molecule has 158 valence electrons. The number of nitrogens with one attached hydrogen (secondary N) is 1. The van der Waals surface area contributed by atoms with E-state index in [1.807, 2.05) is 0 Å². The van der Waals surface area contributed by atoms with Gasteiger partial charge in [-0.3, -0.25) is 24.4 Å². The van der Waals surface area contributed by atoms with Gasteiger partial charge >= 0.3 is 11.7 Å². The number of carbonyl (C=O) groups excluding carboxylic acids is 2. The molecule has 4 aliphatic carbocycles. The van der Waals surface area contributed by atoms with Crippen molar-refractivity contribution in [2.24, 2.45) is 17.8 Å². The van der Waals surface area contributed by atoms with Gasteiger partial charge in [0.25, 0.3) is 5.91 Å².